The van der Waals surface area contributed by atoms with Crippen molar-refractivity contribution in [1.82, 2.24) is 9.97 Å². The Morgan fingerprint density at radius 1 is 1.53 bits per heavy atom. The Kier molecular flexibility index (Phi) is 2.60. The lowest BCUT2D eigenvalue weighted by atomic mass is 10.2. The maximum atomic E-state index is 10.7. The van der Waals surface area contributed by atoms with E-state index in [2.05, 4.69) is 9.97 Å². The summed E-state index contributed by atoms with van der Waals surface area (Å²) in [6.07, 6.45) is 7.48. The molecule has 0 saturated carbocycles. The average molecular weight is 202 g/mol. The molecular weight excluding hydrogens is 192 g/mol. The topological polar surface area (TPSA) is 66.0 Å². The molecule has 0 saturated heterocycles. The van der Waals surface area contributed by atoms with Crippen molar-refractivity contribution in [3.05, 3.63) is 35.7 Å². The van der Waals surface area contributed by atoms with E-state index in [4.69, 9.17) is 5.11 Å². The molecule has 0 aromatic carbocycles. The molecule has 0 amide bonds. The predicted octanol–water partition coefficient (Wildman–Crippen LogP) is 1.38. The SMILES string of the molecule is O=Cc1c[nH]c2ncc(C=CCO)cc12. The van der Waals surface area contributed by atoms with Crippen LogP contribution < -0.4 is 0 Å². The highest BCUT2D eigenvalue weighted by Crippen LogP contribution is 2.16. The zero-order valence-corrected chi connectivity index (χ0v) is 7.97. The van der Waals surface area contributed by atoms with E-state index < -0.39 is 0 Å². The summed E-state index contributed by atoms with van der Waals surface area (Å²) < 4.78 is 0. The first-order valence-electron chi connectivity index (χ1n) is 4.55. The van der Waals surface area contributed by atoms with Gasteiger partial charge in [0, 0.05) is 23.3 Å². The van der Waals surface area contributed by atoms with Gasteiger partial charge in [0.05, 0.1) is 6.61 Å². The van der Waals surface area contributed by atoms with Gasteiger partial charge in [-0.2, -0.15) is 0 Å². The van der Waals surface area contributed by atoms with Crippen molar-refractivity contribution >= 4 is 23.4 Å². The van der Waals surface area contributed by atoms with Crippen LogP contribution in [-0.2, 0) is 0 Å². The summed E-state index contributed by atoms with van der Waals surface area (Å²) in [5, 5.41) is 9.43. The van der Waals surface area contributed by atoms with Gasteiger partial charge in [-0.3, -0.25) is 4.79 Å². The fourth-order valence-corrected chi connectivity index (χ4v) is 1.42. The van der Waals surface area contributed by atoms with Crippen LogP contribution in [0.25, 0.3) is 17.1 Å². The molecule has 2 rings (SSSR count). The van der Waals surface area contributed by atoms with E-state index in [-0.39, 0.29) is 6.61 Å². The number of carbonyl (C=O) groups excluding carboxylic acids is 1. The summed E-state index contributed by atoms with van der Waals surface area (Å²) in [6, 6.07) is 1.86. The Morgan fingerprint density at radius 3 is 3.13 bits per heavy atom. The van der Waals surface area contributed by atoms with Crippen LogP contribution in [0.3, 0.4) is 0 Å². The first kappa shape index (κ1) is 9.61. The van der Waals surface area contributed by atoms with Gasteiger partial charge < -0.3 is 10.1 Å². The van der Waals surface area contributed by atoms with Gasteiger partial charge in [-0.25, -0.2) is 4.98 Å². The Balaban J connectivity index is 2.52. The Morgan fingerprint density at radius 2 is 2.40 bits per heavy atom. The number of aromatic nitrogens is 2. The van der Waals surface area contributed by atoms with E-state index in [1.807, 2.05) is 6.07 Å². The highest BCUT2D eigenvalue weighted by atomic mass is 16.2. The Hall–Kier alpha value is -1.94. The molecular formula is C11H10N2O2. The average Bonchev–Trinajstić information content (AvgIpc) is 2.68. The molecule has 2 heterocycles. The van der Waals surface area contributed by atoms with Crippen molar-refractivity contribution in [1.29, 1.82) is 0 Å². The number of aliphatic hydroxyl groups is 1. The molecule has 0 unspecified atom stereocenters. The lowest BCUT2D eigenvalue weighted by Gasteiger charge is -1.94. The predicted molar refractivity (Wildman–Crippen MR) is 57.6 cm³/mol. The number of fused-ring (bicyclic) bond motifs is 1. The normalized spacial score (nSPS) is 11.3. The van der Waals surface area contributed by atoms with Gasteiger partial charge in [0.25, 0.3) is 0 Å². The molecule has 0 fully saturated rings. The molecule has 2 aromatic heterocycles. The van der Waals surface area contributed by atoms with Crippen molar-refractivity contribution in [2.75, 3.05) is 6.61 Å². The maximum Gasteiger partial charge on any atom is 0.152 e. The molecule has 0 spiro atoms. The van der Waals surface area contributed by atoms with Crippen LogP contribution in [0.4, 0.5) is 0 Å². The molecule has 0 radical (unpaired) electrons. The summed E-state index contributed by atoms with van der Waals surface area (Å²) in [6.45, 7) is -0.00822. The van der Waals surface area contributed by atoms with Gasteiger partial charge in [-0.1, -0.05) is 12.2 Å². The molecule has 0 aliphatic carbocycles. The first-order valence-corrected chi connectivity index (χ1v) is 4.55. The van der Waals surface area contributed by atoms with Crippen LogP contribution in [0.15, 0.2) is 24.5 Å². The second-order valence-electron chi connectivity index (χ2n) is 3.11. The number of hydrogen-bond donors (Lipinski definition) is 2. The summed E-state index contributed by atoms with van der Waals surface area (Å²) >= 11 is 0. The molecule has 76 valence electrons. The number of hydrogen-bond acceptors (Lipinski definition) is 3. The van der Waals surface area contributed by atoms with E-state index >= 15 is 0 Å². The van der Waals surface area contributed by atoms with E-state index in [9.17, 15) is 4.79 Å². The molecule has 0 atom stereocenters. The van der Waals surface area contributed by atoms with E-state index in [1.54, 1.807) is 24.5 Å². The number of carbonyl (C=O) groups is 1. The second kappa shape index (κ2) is 4.06. The molecule has 2 N–H and O–H groups in total. The highest BCUT2D eigenvalue weighted by Gasteiger charge is 2.03. The second-order valence-corrected chi connectivity index (χ2v) is 3.11. The van der Waals surface area contributed by atoms with Gasteiger partial charge in [-0.15, -0.1) is 0 Å². The number of aldehydes is 1. The van der Waals surface area contributed by atoms with Crippen LogP contribution >= 0.6 is 0 Å². The van der Waals surface area contributed by atoms with E-state index in [1.165, 1.54) is 0 Å². The third-order valence-corrected chi connectivity index (χ3v) is 2.13. The van der Waals surface area contributed by atoms with E-state index in [0.29, 0.717) is 11.2 Å². The maximum absolute atomic E-state index is 10.7. The van der Waals surface area contributed by atoms with Crippen molar-refractivity contribution in [2.45, 2.75) is 0 Å². The number of H-pyrrole nitrogens is 1. The molecule has 0 aliphatic rings. The van der Waals surface area contributed by atoms with Crippen LogP contribution in [0, 0.1) is 0 Å². The number of pyridine rings is 1. The van der Waals surface area contributed by atoms with Crippen LogP contribution in [-0.4, -0.2) is 28.0 Å². The number of aliphatic hydroxyl groups excluding tert-OH is 1. The van der Waals surface area contributed by atoms with Crippen LogP contribution in [0.5, 0.6) is 0 Å². The lowest BCUT2D eigenvalue weighted by Crippen LogP contribution is -1.81. The fourth-order valence-electron chi connectivity index (χ4n) is 1.42. The zero-order valence-electron chi connectivity index (χ0n) is 7.97. The van der Waals surface area contributed by atoms with E-state index in [0.717, 1.165) is 17.2 Å². The van der Waals surface area contributed by atoms with Crippen molar-refractivity contribution in [3.8, 4) is 0 Å². The molecule has 15 heavy (non-hydrogen) atoms. The van der Waals surface area contributed by atoms with Crippen molar-refractivity contribution in [2.24, 2.45) is 0 Å². The van der Waals surface area contributed by atoms with Gasteiger partial charge >= 0.3 is 0 Å². The largest absolute Gasteiger partial charge is 0.392 e. The monoisotopic (exact) mass is 202 g/mol. The van der Waals surface area contributed by atoms with Crippen LogP contribution in [0.1, 0.15) is 15.9 Å². The number of nitrogens with zero attached hydrogens (tertiary/aromatic N) is 1. The summed E-state index contributed by atoms with van der Waals surface area (Å²) in [4.78, 5) is 17.8. The number of aromatic amines is 1. The number of nitrogens with one attached hydrogen (secondary N) is 1. The highest BCUT2D eigenvalue weighted by molar-refractivity contribution is 5.96. The van der Waals surface area contributed by atoms with Gasteiger partial charge in [-0.05, 0) is 11.6 Å². The minimum Gasteiger partial charge on any atom is -0.392 e. The third-order valence-electron chi connectivity index (χ3n) is 2.13. The Bertz CT molecular complexity index is 514. The first-order chi connectivity index (χ1) is 7.35. The number of rotatable bonds is 3. The molecule has 4 heteroatoms. The standard InChI is InChI=1S/C11H10N2O2/c14-3-1-2-8-4-10-9(7-15)6-13-11(10)12-5-8/h1-2,4-7,14H,3H2,(H,12,13). The molecule has 4 nitrogen and oxygen atoms in total. The minimum absolute atomic E-state index is 0.00822. The quantitative estimate of drug-likeness (QED) is 0.739. The molecule has 0 bridgehead atoms. The van der Waals surface area contributed by atoms with Crippen molar-refractivity contribution in [3.63, 3.8) is 0 Å². The molecule has 0 aliphatic heterocycles. The smallest absolute Gasteiger partial charge is 0.152 e. The van der Waals surface area contributed by atoms with Gasteiger partial charge in [0.15, 0.2) is 6.29 Å². The zero-order chi connectivity index (χ0) is 10.7. The van der Waals surface area contributed by atoms with Crippen molar-refractivity contribution < 1.29 is 9.90 Å². The van der Waals surface area contributed by atoms with Crippen LogP contribution in [0.2, 0.25) is 0 Å². The summed E-state index contributed by atoms with van der Waals surface area (Å²) in [5.74, 6) is 0. The summed E-state index contributed by atoms with van der Waals surface area (Å²) in [5.41, 5.74) is 2.15. The fraction of sp³-hybridized carbons (Fsp3) is 0.0909. The molecule has 2 aromatic rings. The van der Waals surface area contributed by atoms with Gasteiger partial charge in [0.2, 0.25) is 0 Å². The lowest BCUT2D eigenvalue weighted by molar-refractivity contribution is 0.112. The Labute approximate surface area is 86.3 Å². The minimum atomic E-state index is -0.00822. The van der Waals surface area contributed by atoms with Gasteiger partial charge in [0.1, 0.15) is 5.65 Å². The summed E-state index contributed by atoms with van der Waals surface area (Å²) in [7, 11) is 0. The third kappa shape index (κ3) is 1.80.